The Kier molecular flexibility index (Phi) is 3.58. The predicted octanol–water partition coefficient (Wildman–Crippen LogP) is 2.30. The fourth-order valence-electron chi connectivity index (χ4n) is 2.26. The van der Waals surface area contributed by atoms with Crippen LogP contribution in [0.4, 0.5) is 24.5 Å². The third-order valence-electron chi connectivity index (χ3n) is 2.96. The summed E-state index contributed by atoms with van der Waals surface area (Å²) in [5, 5.41) is 0. The second-order valence-corrected chi connectivity index (χ2v) is 4.79. The molecule has 1 aliphatic heterocycles. The monoisotopic (exact) mass is 275 g/mol. The highest BCUT2D eigenvalue weighted by atomic mass is 19.4. The zero-order chi connectivity index (χ0) is 14.2. The number of halogens is 3. The van der Waals surface area contributed by atoms with E-state index in [1.807, 2.05) is 18.7 Å². The number of rotatable bonds is 1. The Morgan fingerprint density at radius 1 is 1.32 bits per heavy atom. The highest BCUT2D eigenvalue weighted by molar-refractivity contribution is 5.67. The number of alkyl halides is 3. The van der Waals surface area contributed by atoms with Gasteiger partial charge in [0.15, 0.2) is 0 Å². The fourth-order valence-corrected chi connectivity index (χ4v) is 2.26. The zero-order valence-electron chi connectivity index (χ0n) is 10.7. The number of aromatic nitrogens is 1. The molecule has 1 aromatic heterocycles. The molecule has 0 saturated carbocycles. The first kappa shape index (κ1) is 13.9. The van der Waals surface area contributed by atoms with E-state index in [9.17, 15) is 13.2 Å². The molecule has 2 N–H and O–H groups in total. The van der Waals surface area contributed by atoms with Gasteiger partial charge in [-0.3, -0.25) is 0 Å². The van der Waals surface area contributed by atoms with E-state index in [1.54, 1.807) is 0 Å². The minimum atomic E-state index is -4.47. The van der Waals surface area contributed by atoms with Gasteiger partial charge in [-0.05, 0) is 19.9 Å². The largest absolute Gasteiger partial charge is 0.433 e. The van der Waals surface area contributed by atoms with Gasteiger partial charge in [0.25, 0.3) is 0 Å². The fraction of sp³-hybridized carbons (Fsp3) is 0.583. The number of pyridine rings is 1. The topological polar surface area (TPSA) is 51.4 Å². The lowest BCUT2D eigenvalue weighted by molar-refractivity contribution is -0.141. The molecule has 2 unspecified atom stereocenters. The number of hydrogen-bond acceptors (Lipinski definition) is 4. The summed E-state index contributed by atoms with van der Waals surface area (Å²) in [4.78, 5) is 5.15. The standard InChI is InChI=1S/C12H16F3N3O/c1-7-5-18(6-8(2)19-7)10-3-11(12(13,14)15)17-4-9(10)16/h3-4,7-8H,5-6,16H2,1-2H3. The van der Waals surface area contributed by atoms with E-state index in [0.717, 1.165) is 12.3 Å². The first-order valence-corrected chi connectivity index (χ1v) is 6.00. The maximum atomic E-state index is 12.7. The summed E-state index contributed by atoms with van der Waals surface area (Å²) in [5.41, 5.74) is 5.42. The Hall–Kier alpha value is -1.50. The molecule has 2 rings (SSSR count). The second kappa shape index (κ2) is 4.88. The second-order valence-electron chi connectivity index (χ2n) is 4.79. The first-order chi connectivity index (χ1) is 8.77. The first-order valence-electron chi connectivity index (χ1n) is 6.00. The van der Waals surface area contributed by atoms with Crippen LogP contribution in [0.1, 0.15) is 19.5 Å². The van der Waals surface area contributed by atoms with Gasteiger partial charge in [0.1, 0.15) is 5.69 Å². The number of anilines is 2. The van der Waals surface area contributed by atoms with Crippen LogP contribution < -0.4 is 10.6 Å². The van der Waals surface area contributed by atoms with E-state index in [2.05, 4.69) is 4.98 Å². The van der Waals surface area contributed by atoms with Crippen molar-refractivity contribution in [1.29, 1.82) is 0 Å². The lowest BCUT2D eigenvalue weighted by atomic mass is 10.2. The number of nitrogens with zero attached hydrogens (tertiary/aromatic N) is 2. The van der Waals surface area contributed by atoms with Crippen molar-refractivity contribution in [1.82, 2.24) is 4.98 Å². The quantitative estimate of drug-likeness (QED) is 0.854. The number of nitrogens with two attached hydrogens (primary N) is 1. The Labute approximate surface area is 109 Å². The van der Waals surface area contributed by atoms with Gasteiger partial charge < -0.3 is 15.4 Å². The molecule has 4 nitrogen and oxygen atoms in total. The number of ether oxygens (including phenoxy) is 1. The third kappa shape index (κ3) is 3.09. The summed E-state index contributed by atoms with van der Waals surface area (Å²) in [6.45, 7) is 4.78. The molecule has 19 heavy (non-hydrogen) atoms. The summed E-state index contributed by atoms with van der Waals surface area (Å²) in [6, 6.07) is 1.00. The van der Waals surface area contributed by atoms with Crippen molar-refractivity contribution in [2.24, 2.45) is 0 Å². The van der Waals surface area contributed by atoms with E-state index in [0.29, 0.717) is 18.8 Å². The predicted molar refractivity (Wildman–Crippen MR) is 65.9 cm³/mol. The van der Waals surface area contributed by atoms with Gasteiger partial charge in [-0.1, -0.05) is 0 Å². The van der Waals surface area contributed by atoms with Crippen molar-refractivity contribution < 1.29 is 17.9 Å². The molecular formula is C12H16F3N3O. The van der Waals surface area contributed by atoms with Gasteiger partial charge in [0.2, 0.25) is 0 Å². The molecule has 2 heterocycles. The highest BCUT2D eigenvalue weighted by Gasteiger charge is 2.34. The van der Waals surface area contributed by atoms with Gasteiger partial charge in [-0.25, -0.2) is 4.98 Å². The smallest absolute Gasteiger partial charge is 0.396 e. The Morgan fingerprint density at radius 3 is 2.42 bits per heavy atom. The van der Waals surface area contributed by atoms with Crippen molar-refractivity contribution in [3.05, 3.63) is 18.0 Å². The van der Waals surface area contributed by atoms with Crippen molar-refractivity contribution in [3.63, 3.8) is 0 Å². The van der Waals surface area contributed by atoms with Crippen LogP contribution in [0.2, 0.25) is 0 Å². The maximum absolute atomic E-state index is 12.7. The van der Waals surface area contributed by atoms with Crippen LogP contribution in [0.5, 0.6) is 0 Å². The molecule has 0 bridgehead atoms. The summed E-state index contributed by atoms with van der Waals surface area (Å²) >= 11 is 0. The van der Waals surface area contributed by atoms with Crippen molar-refractivity contribution in [3.8, 4) is 0 Å². The van der Waals surface area contributed by atoms with Gasteiger partial charge in [-0.15, -0.1) is 0 Å². The highest BCUT2D eigenvalue weighted by Crippen LogP contribution is 2.33. The van der Waals surface area contributed by atoms with Crippen LogP contribution in [-0.2, 0) is 10.9 Å². The summed E-state index contributed by atoms with van der Waals surface area (Å²) in [6.07, 6.45) is -3.51. The van der Waals surface area contributed by atoms with E-state index >= 15 is 0 Å². The van der Waals surface area contributed by atoms with Crippen LogP contribution >= 0.6 is 0 Å². The van der Waals surface area contributed by atoms with Gasteiger partial charge in [0, 0.05) is 13.1 Å². The molecule has 1 fully saturated rings. The van der Waals surface area contributed by atoms with Crippen LogP contribution in [-0.4, -0.2) is 30.3 Å². The molecule has 0 aromatic carbocycles. The maximum Gasteiger partial charge on any atom is 0.433 e. The number of morpholine rings is 1. The summed E-state index contributed by atoms with van der Waals surface area (Å²) in [5.74, 6) is 0. The minimum absolute atomic E-state index is 0.0503. The molecule has 7 heteroatoms. The normalized spacial score (nSPS) is 24.6. The SMILES string of the molecule is CC1CN(c2cc(C(F)(F)F)ncc2N)CC(C)O1. The molecule has 0 radical (unpaired) electrons. The molecule has 0 amide bonds. The lowest BCUT2D eigenvalue weighted by Gasteiger charge is -2.37. The van der Waals surface area contributed by atoms with Crippen molar-refractivity contribution in [2.75, 3.05) is 23.7 Å². The lowest BCUT2D eigenvalue weighted by Crippen LogP contribution is -2.45. The van der Waals surface area contributed by atoms with Gasteiger partial charge in [0.05, 0.1) is 29.8 Å². The summed E-state index contributed by atoms with van der Waals surface area (Å²) in [7, 11) is 0. The van der Waals surface area contributed by atoms with E-state index in [1.165, 1.54) is 0 Å². The van der Waals surface area contributed by atoms with E-state index in [4.69, 9.17) is 10.5 Å². The average molecular weight is 275 g/mol. The van der Waals surface area contributed by atoms with E-state index < -0.39 is 11.9 Å². The van der Waals surface area contributed by atoms with Crippen LogP contribution in [0.15, 0.2) is 12.3 Å². The van der Waals surface area contributed by atoms with Gasteiger partial charge in [-0.2, -0.15) is 13.2 Å². The summed E-state index contributed by atoms with van der Waals surface area (Å²) < 4.78 is 43.6. The molecule has 0 spiro atoms. The Bertz CT molecular complexity index is 454. The number of hydrogen-bond donors (Lipinski definition) is 1. The van der Waals surface area contributed by atoms with Crippen molar-refractivity contribution in [2.45, 2.75) is 32.2 Å². The van der Waals surface area contributed by atoms with E-state index in [-0.39, 0.29) is 17.9 Å². The molecule has 1 aliphatic rings. The van der Waals surface area contributed by atoms with Crippen LogP contribution in [0, 0.1) is 0 Å². The zero-order valence-corrected chi connectivity index (χ0v) is 10.7. The third-order valence-corrected chi connectivity index (χ3v) is 2.96. The average Bonchev–Trinajstić information content (AvgIpc) is 2.26. The molecule has 1 aromatic rings. The molecule has 106 valence electrons. The Morgan fingerprint density at radius 2 is 1.89 bits per heavy atom. The molecule has 1 saturated heterocycles. The Balaban J connectivity index is 2.33. The number of nitrogen functional groups attached to an aromatic ring is 1. The molecule has 2 atom stereocenters. The molecule has 0 aliphatic carbocycles. The van der Waals surface area contributed by atoms with Crippen molar-refractivity contribution >= 4 is 11.4 Å². The minimum Gasteiger partial charge on any atom is -0.396 e. The van der Waals surface area contributed by atoms with Crippen LogP contribution in [0.3, 0.4) is 0 Å². The van der Waals surface area contributed by atoms with Gasteiger partial charge >= 0.3 is 6.18 Å². The molecular weight excluding hydrogens is 259 g/mol. The van der Waals surface area contributed by atoms with Crippen LogP contribution in [0.25, 0.3) is 0 Å².